The summed E-state index contributed by atoms with van der Waals surface area (Å²) in [7, 11) is 1.98. The second-order valence-corrected chi connectivity index (χ2v) is 5.70. The molecule has 4 nitrogen and oxygen atoms in total. The first-order valence-corrected chi connectivity index (χ1v) is 8.36. The Hall–Kier alpha value is -2.30. The molecule has 1 heterocycles. The lowest BCUT2D eigenvalue weighted by atomic mass is 10.2. The lowest BCUT2D eigenvalue weighted by molar-refractivity contribution is 0.665. The van der Waals surface area contributed by atoms with Crippen molar-refractivity contribution in [1.82, 2.24) is 5.32 Å². The number of aliphatic imine (C=N–C) groups is 1. The van der Waals surface area contributed by atoms with Crippen LogP contribution in [0.5, 0.6) is 0 Å². The molecule has 0 aromatic heterocycles. The number of amidine groups is 1. The lowest BCUT2D eigenvalue weighted by Crippen LogP contribution is -2.49. The first-order valence-electron chi connectivity index (χ1n) is 8.36. The van der Waals surface area contributed by atoms with Gasteiger partial charge in [-0.15, -0.1) is 12.4 Å². The number of anilines is 2. The molecule has 0 bridgehead atoms. The number of nitrogens with zero attached hydrogens (tertiary/aromatic N) is 3. The van der Waals surface area contributed by atoms with Crippen LogP contribution in [0.15, 0.2) is 77.6 Å². The topological polar surface area (TPSA) is 30.9 Å². The van der Waals surface area contributed by atoms with Crippen molar-refractivity contribution in [3.8, 4) is 0 Å². The van der Waals surface area contributed by atoms with Crippen LogP contribution in [0.25, 0.3) is 0 Å². The van der Waals surface area contributed by atoms with Crippen LogP contribution in [-0.4, -0.2) is 25.6 Å². The zero-order valence-corrected chi connectivity index (χ0v) is 15.7. The monoisotopic (exact) mass is 356 g/mol. The Balaban J connectivity index is 0.00000225. The second kappa shape index (κ2) is 8.70. The van der Waals surface area contributed by atoms with Crippen molar-refractivity contribution in [2.45, 2.75) is 20.0 Å². The molecule has 5 heteroatoms. The van der Waals surface area contributed by atoms with Crippen LogP contribution >= 0.6 is 12.4 Å². The molecule has 132 valence electrons. The number of hydrogen-bond acceptors (Lipinski definition) is 4. The van der Waals surface area contributed by atoms with Gasteiger partial charge in [0.1, 0.15) is 17.8 Å². The molecular weight excluding hydrogens is 332 g/mol. The van der Waals surface area contributed by atoms with Crippen LogP contribution in [0.3, 0.4) is 0 Å². The Kier molecular flexibility index (Phi) is 6.62. The molecule has 0 spiro atoms. The van der Waals surface area contributed by atoms with Crippen LogP contribution in [0, 0.1) is 0 Å². The van der Waals surface area contributed by atoms with Crippen LogP contribution < -0.4 is 15.1 Å². The predicted octanol–water partition coefficient (Wildman–Crippen LogP) is 4.26. The standard InChI is InChI=1S/C20H24N4.ClH/c1-4-23(17-11-7-5-8-12-17)20-15-19(21-3)24(16(2)22-20)18-13-9-6-10-14-18;/h5-15,19,21H,4H2,1-3H3;1H. The van der Waals surface area contributed by atoms with Gasteiger partial charge in [0.15, 0.2) is 0 Å². The molecule has 1 aliphatic rings. The largest absolute Gasteiger partial charge is 0.327 e. The van der Waals surface area contributed by atoms with Crippen molar-refractivity contribution in [3.63, 3.8) is 0 Å². The Morgan fingerprint density at radius 3 is 2.20 bits per heavy atom. The number of hydrogen-bond donors (Lipinski definition) is 1. The quantitative estimate of drug-likeness (QED) is 0.868. The van der Waals surface area contributed by atoms with Gasteiger partial charge in [-0.25, -0.2) is 4.99 Å². The van der Waals surface area contributed by atoms with E-state index in [1.165, 1.54) is 0 Å². The fraction of sp³-hybridized carbons (Fsp3) is 0.250. The maximum Gasteiger partial charge on any atom is 0.134 e. The minimum Gasteiger partial charge on any atom is -0.327 e. The van der Waals surface area contributed by atoms with E-state index in [0.717, 1.165) is 29.6 Å². The first-order chi connectivity index (χ1) is 11.7. The number of halogens is 1. The molecule has 1 N–H and O–H groups in total. The molecule has 0 aliphatic carbocycles. The molecule has 2 aromatic rings. The van der Waals surface area contributed by atoms with Crippen LogP contribution in [0.4, 0.5) is 11.4 Å². The zero-order valence-electron chi connectivity index (χ0n) is 14.9. The van der Waals surface area contributed by atoms with Gasteiger partial charge in [0.2, 0.25) is 0 Å². The number of nitrogens with one attached hydrogen (secondary N) is 1. The minimum absolute atomic E-state index is 0. The fourth-order valence-corrected chi connectivity index (χ4v) is 3.06. The van der Waals surface area contributed by atoms with Gasteiger partial charge in [-0.1, -0.05) is 36.4 Å². The lowest BCUT2D eigenvalue weighted by Gasteiger charge is -2.36. The normalized spacial score (nSPS) is 16.6. The van der Waals surface area contributed by atoms with E-state index in [1.807, 2.05) is 19.2 Å². The van der Waals surface area contributed by atoms with E-state index >= 15 is 0 Å². The third-order valence-electron chi connectivity index (χ3n) is 4.20. The summed E-state index contributed by atoms with van der Waals surface area (Å²) in [5, 5.41) is 3.39. The van der Waals surface area contributed by atoms with E-state index in [4.69, 9.17) is 4.99 Å². The van der Waals surface area contributed by atoms with Gasteiger partial charge < -0.3 is 9.80 Å². The number of para-hydroxylation sites is 2. The molecule has 0 radical (unpaired) electrons. The summed E-state index contributed by atoms with van der Waals surface area (Å²) in [6.07, 6.45) is 2.24. The summed E-state index contributed by atoms with van der Waals surface area (Å²) in [4.78, 5) is 9.32. The summed E-state index contributed by atoms with van der Waals surface area (Å²) < 4.78 is 0. The first kappa shape index (κ1) is 19.0. The molecule has 1 unspecified atom stereocenters. The maximum atomic E-state index is 4.88. The average Bonchev–Trinajstić information content (AvgIpc) is 2.63. The molecule has 25 heavy (non-hydrogen) atoms. The fourth-order valence-electron chi connectivity index (χ4n) is 3.06. The molecule has 0 saturated carbocycles. The Morgan fingerprint density at radius 1 is 1.04 bits per heavy atom. The van der Waals surface area contributed by atoms with Crippen LogP contribution in [-0.2, 0) is 0 Å². The highest BCUT2D eigenvalue weighted by molar-refractivity contribution is 5.98. The summed E-state index contributed by atoms with van der Waals surface area (Å²) in [5.74, 6) is 1.96. The zero-order chi connectivity index (χ0) is 16.9. The van der Waals surface area contributed by atoms with Gasteiger partial charge >= 0.3 is 0 Å². The van der Waals surface area contributed by atoms with Gasteiger partial charge in [0.25, 0.3) is 0 Å². The molecule has 1 atom stereocenters. The van der Waals surface area contributed by atoms with Crippen molar-refractivity contribution >= 4 is 29.6 Å². The van der Waals surface area contributed by atoms with E-state index in [2.05, 4.69) is 83.6 Å². The summed E-state index contributed by atoms with van der Waals surface area (Å²) in [5.41, 5.74) is 2.29. The highest BCUT2D eigenvalue weighted by Gasteiger charge is 2.25. The smallest absolute Gasteiger partial charge is 0.134 e. The van der Waals surface area contributed by atoms with Gasteiger partial charge in [0, 0.05) is 17.9 Å². The van der Waals surface area contributed by atoms with Gasteiger partial charge in [-0.05, 0) is 51.2 Å². The molecular formula is C20H25ClN4. The maximum absolute atomic E-state index is 4.88. The van der Waals surface area contributed by atoms with Crippen molar-refractivity contribution < 1.29 is 0 Å². The molecule has 2 aromatic carbocycles. The highest BCUT2D eigenvalue weighted by Crippen LogP contribution is 2.26. The third-order valence-corrected chi connectivity index (χ3v) is 4.20. The van der Waals surface area contributed by atoms with Crippen molar-refractivity contribution in [2.24, 2.45) is 4.99 Å². The average molecular weight is 357 g/mol. The Morgan fingerprint density at radius 2 is 1.64 bits per heavy atom. The molecule has 3 rings (SSSR count). The summed E-state index contributed by atoms with van der Waals surface area (Å²) in [6, 6.07) is 20.7. The number of likely N-dealkylation sites (N-methyl/N-ethyl adjacent to an activating group) is 1. The van der Waals surface area contributed by atoms with Crippen molar-refractivity contribution in [2.75, 3.05) is 23.4 Å². The van der Waals surface area contributed by atoms with Crippen LogP contribution in [0.1, 0.15) is 13.8 Å². The van der Waals surface area contributed by atoms with E-state index in [0.29, 0.717) is 0 Å². The summed E-state index contributed by atoms with van der Waals surface area (Å²) in [6.45, 7) is 5.08. The molecule has 1 aliphatic heterocycles. The van der Waals surface area contributed by atoms with Gasteiger partial charge in [-0.3, -0.25) is 5.32 Å². The van der Waals surface area contributed by atoms with Crippen molar-refractivity contribution in [1.29, 1.82) is 0 Å². The Labute approximate surface area is 156 Å². The molecule has 0 amide bonds. The van der Waals surface area contributed by atoms with E-state index in [9.17, 15) is 0 Å². The predicted molar refractivity (Wildman–Crippen MR) is 110 cm³/mol. The molecule has 0 saturated heterocycles. The third kappa shape index (κ3) is 4.03. The SMILES string of the molecule is CCN(C1=CC(NC)N(c2ccccc2)C(C)=N1)c1ccccc1.Cl. The Bertz CT molecular complexity index is 728. The molecule has 0 fully saturated rings. The summed E-state index contributed by atoms with van der Waals surface area (Å²) >= 11 is 0. The number of benzene rings is 2. The minimum atomic E-state index is 0. The van der Waals surface area contributed by atoms with Gasteiger partial charge in [-0.2, -0.15) is 0 Å². The van der Waals surface area contributed by atoms with Crippen LogP contribution in [0.2, 0.25) is 0 Å². The second-order valence-electron chi connectivity index (χ2n) is 5.70. The van der Waals surface area contributed by atoms with Gasteiger partial charge in [0.05, 0.1) is 0 Å². The van der Waals surface area contributed by atoms with E-state index in [-0.39, 0.29) is 18.6 Å². The van der Waals surface area contributed by atoms with E-state index < -0.39 is 0 Å². The van der Waals surface area contributed by atoms with Crippen molar-refractivity contribution in [3.05, 3.63) is 72.6 Å². The number of rotatable bonds is 5. The highest BCUT2D eigenvalue weighted by atomic mass is 35.5. The van der Waals surface area contributed by atoms with E-state index in [1.54, 1.807) is 0 Å².